The molecule has 1 aromatic carbocycles. The number of likely N-dealkylation sites (N-methyl/N-ethyl adjacent to an activating group) is 1. The van der Waals surface area contributed by atoms with E-state index in [4.69, 9.17) is 20.2 Å². The topological polar surface area (TPSA) is 77.2 Å². The number of carbonyl (C=O) groups is 1. The highest BCUT2D eigenvalue weighted by molar-refractivity contribution is 6.08. The Labute approximate surface area is 166 Å². The Kier molecular flexibility index (Phi) is 3.99. The minimum atomic E-state index is -0.918. The van der Waals surface area contributed by atoms with Crippen LogP contribution in [0.3, 0.4) is 0 Å². The minimum Gasteiger partial charge on any atom is -0.493 e. The van der Waals surface area contributed by atoms with Crippen LogP contribution in [0, 0.1) is 11.3 Å². The van der Waals surface area contributed by atoms with Crippen molar-refractivity contribution in [3.05, 3.63) is 29.3 Å². The molecule has 4 aliphatic rings. The monoisotopic (exact) mass is 383 g/mol. The fraction of sp³-hybridized carbons (Fsp3) is 0.636. The van der Waals surface area contributed by atoms with E-state index in [2.05, 4.69) is 12.1 Å². The summed E-state index contributed by atoms with van der Waals surface area (Å²) in [6.07, 6.45) is 7.35. The van der Waals surface area contributed by atoms with Gasteiger partial charge in [0.05, 0.1) is 12.7 Å². The second-order valence-electron chi connectivity index (χ2n) is 9.01. The van der Waals surface area contributed by atoms with E-state index in [0.717, 1.165) is 50.0 Å². The molecule has 3 aliphatic carbocycles. The molecule has 2 fully saturated rings. The summed E-state index contributed by atoms with van der Waals surface area (Å²) in [5, 5.41) is 0. The highest BCUT2D eigenvalue weighted by Gasteiger charge is 2.66. The lowest BCUT2D eigenvalue weighted by atomic mass is 9.61. The number of benzene rings is 1. The number of rotatable bonds is 4. The SMILES string of the molecule is COC1CCC2(CC1)Cc1ccc(OCC3CC3)cc1[C@@]21N=C(N)N(C)C1=O. The van der Waals surface area contributed by atoms with Crippen molar-refractivity contribution in [2.75, 3.05) is 20.8 Å². The highest BCUT2D eigenvalue weighted by atomic mass is 16.5. The van der Waals surface area contributed by atoms with E-state index in [0.29, 0.717) is 11.9 Å². The lowest BCUT2D eigenvalue weighted by Crippen LogP contribution is -2.51. The van der Waals surface area contributed by atoms with Crippen LogP contribution in [0.4, 0.5) is 0 Å². The molecule has 1 aromatic rings. The molecule has 0 aromatic heterocycles. The molecule has 5 rings (SSSR count). The standard InChI is InChI=1S/C22H29N3O3/c1-25-19(26)22(24-20(25)23)18-11-17(28-13-14-3-4-14)6-5-15(18)12-21(22)9-7-16(27-2)8-10-21/h5-6,11,14,16H,3-4,7-10,12-13H2,1-2H3,(H2,23,24)/t16?,21?,22-/m0/s1. The first-order chi connectivity index (χ1) is 13.5. The van der Waals surface area contributed by atoms with Gasteiger partial charge >= 0.3 is 0 Å². The molecule has 0 saturated heterocycles. The summed E-state index contributed by atoms with van der Waals surface area (Å²) in [6, 6.07) is 6.24. The molecule has 0 unspecified atom stereocenters. The van der Waals surface area contributed by atoms with Gasteiger partial charge in [0, 0.05) is 19.6 Å². The van der Waals surface area contributed by atoms with Crippen LogP contribution < -0.4 is 10.5 Å². The van der Waals surface area contributed by atoms with Crippen molar-refractivity contribution in [3.63, 3.8) is 0 Å². The van der Waals surface area contributed by atoms with E-state index < -0.39 is 5.54 Å². The van der Waals surface area contributed by atoms with Gasteiger partial charge in [-0.15, -0.1) is 0 Å². The number of ether oxygens (including phenoxy) is 2. The summed E-state index contributed by atoms with van der Waals surface area (Å²) in [6.45, 7) is 0.756. The number of hydrogen-bond acceptors (Lipinski definition) is 5. The number of aliphatic imine (C=N–C) groups is 1. The smallest absolute Gasteiger partial charge is 0.262 e. The number of carbonyl (C=O) groups excluding carboxylic acids is 1. The van der Waals surface area contributed by atoms with Crippen LogP contribution >= 0.6 is 0 Å². The molecule has 1 amide bonds. The number of fused-ring (bicyclic) bond motifs is 3. The Bertz CT molecular complexity index is 839. The molecule has 28 heavy (non-hydrogen) atoms. The van der Waals surface area contributed by atoms with Gasteiger partial charge in [-0.1, -0.05) is 6.07 Å². The molecule has 1 atom stereocenters. The van der Waals surface area contributed by atoms with Gasteiger partial charge in [0.15, 0.2) is 11.5 Å². The number of amides is 1. The van der Waals surface area contributed by atoms with Gasteiger partial charge in [-0.2, -0.15) is 0 Å². The molecule has 2 spiro atoms. The zero-order valence-electron chi connectivity index (χ0n) is 16.7. The summed E-state index contributed by atoms with van der Waals surface area (Å²) in [5.41, 5.74) is 7.22. The maximum absolute atomic E-state index is 13.6. The van der Waals surface area contributed by atoms with Crippen molar-refractivity contribution in [3.8, 4) is 5.75 Å². The Morgan fingerprint density at radius 3 is 2.61 bits per heavy atom. The average molecular weight is 383 g/mol. The number of guanidine groups is 1. The third-order valence-corrected chi connectivity index (χ3v) is 7.41. The normalized spacial score (nSPS) is 34.2. The molecule has 2 saturated carbocycles. The van der Waals surface area contributed by atoms with Gasteiger partial charge in [0.1, 0.15) is 5.75 Å². The van der Waals surface area contributed by atoms with Crippen LogP contribution in [-0.2, 0) is 21.5 Å². The predicted octanol–water partition coefficient (Wildman–Crippen LogP) is 2.59. The first kappa shape index (κ1) is 18.0. The molecule has 6 nitrogen and oxygen atoms in total. The second-order valence-corrected chi connectivity index (χ2v) is 9.01. The molecule has 1 aliphatic heterocycles. The Balaban J connectivity index is 1.57. The van der Waals surface area contributed by atoms with E-state index in [-0.39, 0.29) is 17.4 Å². The predicted molar refractivity (Wildman–Crippen MR) is 106 cm³/mol. The molecular formula is C22H29N3O3. The van der Waals surface area contributed by atoms with Crippen molar-refractivity contribution >= 4 is 11.9 Å². The Morgan fingerprint density at radius 2 is 2.00 bits per heavy atom. The molecule has 0 bridgehead atoms. The molecule has 1 heterocycles. The minimum absolute atomic E-state index is 0.000963. The fourth-order valence-electron chi connectivity index (χ4n) is 5.49. The number of nitrogens with two attached hydrogens (primary N) is 1. The van der Waals surface area contributed by atoms with Crippen molar-refractivity contribution in [2.45, 2.75) is 56.6 Å². The largest absolute Gasteiger partial charge is 0.493 e. The number of methoxy groups -OCH3 is 1. The van der Waals surface area contributed by atoms with Crippen LogP contribution in [0.15, 0.2) is 23.2 Å². The van der Waals surface area contributed by atoms with Gasteiger partial charge < -0.3 is 15.2 Å². The summed E-state index contributed by atoms with van der Waals surface area (Å²) in [4.78, 5) is 20.0. The van der Waals surface area contributed by atoms with E-state index in [1.54, 1.807) is 14.2 Å². The summed E-state index contributed by atoms with van der Waals surface area (Å²) in [7, 11) is 3.51. The summed E-state index contributed by atoms with van der Waals surface area (Å²) >= 11 is 0. The Hall–Kier alpha value is -2.08. The lowest BCUT2D eigenvalue weighted by Gasteiger charge is -2.45. The summed E-state index contributed by atoms with van der Waals surface area (Å²) in [5.74, 6) is 1.84. The maximum atomic E-state index is 13.6. The van der Waals surface area contributed by atoms with Gasteiger partial charge in [0.25, 0.3) is 5.91 Å². The van der Waals surface area contributed by atoms with E-state index >= 15 is 0 Å². The van der Waals surface area contributed by atoms with Crippen LogP contribution in [0.1, 0.15) is 49.7 Å². The van der Waals surface area contributed by atoms with E-state index in [1.807, 2.05) is 6.07 Å². The quantitative estimate of drug-likeness (QED) is 0.867. The van der Waals surface area contributed by atoms with Gasteiger partial charge in [0.2, 0.25) is 0 Å². The first-order valence-corrected chi connectivity index (χ1v) is 10.4. The van der Waals surface area contributed by atoms with Gasteiger partial charge in [-0.05, 0) is 74.1 Å². The van der Waals surface area contributed by atoms with Crippen LogP contribution in [0.5, 0.6) is 5.75 Å². The lowest BCUT2D eigenvalue weighted by molar-refractivity contribution is -0.137. The van der Waals surface area contributed by atoms with Crippen molar-refractivity contribution in [2.24, 2.45) is 22.1 Å². The van der Waals surface area contributed by atoms with Gasteiger partial charge in [-0.3, -0.25) is 9.69 Å². The second kappa shape index (κ2) is 6.21. The molecule has 2 N–H and O–H groups in total. The zero-order valence-corrected chi connectivity index (χ0v) is 16.7. The van der Waals surface area contributed by atoms with E-state index in [1.165, 1.54) is 23.3 Å². The maximum Gasteiger partial charge on any atom is 0.262 e. The van der Waals surface area contributed by atoms with Crippen molar-refractivity contribution in [1.82, 2.24) is 4.90 Å². The van der Waals surface area contributed by atoms with Gasteiger partial charge in [-0.25, -0.2) is 4.99 Å². The molecule has 6 heteroatoms. The van der Waals surface area contributed by atoms with Crippen molar-refractivity contribution < 1.29 is 14.3 Å². The van der Waals surface area contributed by atoms with Crippen LogP contribution in [0.25, 0.3) is 0 Å². The first-order valence-electron chi connectivity index (χ1n) is 10.4. The molecular weight excluding hydrogens is 354 g/mol. The Morgan fingerprint density at radius 1 is 1.25 bits per heavy atom. The number of nitrogens with zero attached hydrogens (tertiary/aromatic N) is 2. The number of hydrogen-bond donors (Lipinski definition) is 1. The van der Waals surface area contributed by atoms with Crippen molar-refractivity contribution in [1.29, 1.82) is 0 Å². The zero-order chi connectivity index (χ0) is 19.5. The third-order valence-electron chi connectivity index (χ3n) is 7.41. The fourth-order valence-corrected chi connectivity index (χ4v) is 5.49. The average Bonchev–Trinajstić information content (AvgIpc) is 3.47. The summed E-state index contributed by atoms with van der Waals surface area (Å²) < 4.78 is 11.6. The highest BCUT2D eigenvalue weighted by Crippen LogP contribution is 2.62. The molecule has 150 valence electrons. The van der Waals surface area contributed by atoms with E-state index in [9.17, 15) is 4.79 Å². The van der Waals surface area contributed by atoms with Crippen LogP contribution in [0.2, 0.25) is 0 Å². The third kappa shape index (κ3) is 2.43. The molecule has 0 radical (unpaired) electrons. The van der Waals surface area contributed by atoms with Crippen LogP contribution in [-0.4, -0.2) is 43.6 Å².